The van der Waals surface area contributed by atoms with Gasteiger partial charge in [-0.2, -0.15) is 5.10 Å². The van der Waals surface area contributed by atoms with Gasteiger partial charge < -0.3 is 10.4 Å². The lowest BCUT2D eigenvalue weighted by Crippen LogP contribution is -2.14. The van der Waals surface area contributed by atoms with Gasteiger partial charge in [-0.3, -0.25) is 9.48 Å². The average Bonchev–Trinajstić information content (AvgIpc) is 2.80. The summed E-state index contributed by atoms with van der Waals surface area (Å²) in [6.45, 7) is 11.0. The maximum absolute atomic E-state index is 12.3. The largest absolute Gasteiger partial charge is 0.478 e. The van der Waals surface area contributed by atoms with E-state index in [1.807, 2.05) is 25.5 Å². The third kappa shape index (κ3) is 4.71. The molecule has 140 valence electrons. The highest BCUT2D eigenvalue weighted by Gasteiger charge is 2.15. The second-order valence-corrected chi connectivity index (χ2v) is 7.11. The molecule has 0 saturated carbocycles. The van der Waals surface area contributed by atoms with Gasteiger partial charge in [0.1, 0.15) is 0 Å². The minimum absolute atomic E-state index is 0.133. The fourth-order valence-electron chi connectivity index (χ4n) is 2.96. The van der Waals surface area contributed by atoms with Crippen molar-refractivity contribution >= 4 is 17.6 Å². The van der Waals surface area contributed by atoms with Crippen LogP contribution in [0.25, 0.3) is 0 Å². The molecule has 0 radical (unpaired) electrons. The summed E-state index contributed by atoms with van der Waals surface area (Å²) in [6, 6.07) is 4.72. The Morgan fingerprint density at radius 3 is 2.54 bits per heavy atom. The molecule has 1 aromatic heterocycles. The Morgan fingerprint density at radius 1 is 1.23 bits per heavy atom. The Balaban J connectivity index is 2.05. The van der Waals surface area contributed by atoms with Gasteiger partial charge >= 0.3 is 5.97 Å². The molecule has 1 amide bonds. The van der Waals surface area contributed by atoms with Gasteiger partial charge in [0.25, 0.3) is 0 Å². The van der Waals surface area contributed by atoms with E-state index in [0.717, 1.165) is 29.1 Å². The summed E-state index contributed by atoms with van der Waals surface area (Å²) in [5.41, 5.74) is 4.71. The van der Waals surface area contributed by atoms with Crippen LogP contribution in [0, 0.1) is 26.7 Å². The molecule has 2 N–H and O–H groups in total. The van der Waals surface area contributed by atoms with E-state index in [1.54, 1.807) is 6.07 Å². The van der Waals surface area contributed by atoms with E-state index in [9.17, 15) is 9.59 Å². The minimum atomic E-state index is -1.01. The summed E-state index contributed by atoms with van der Waals surface area (Å²) in [4.78, 5) is 23.4. The van der Waals surface area contributed by atoms with Crippen LogP contribution in [0.1, 0.15) is 53.1 Å². The van der Waals surface area contributed by atoms with Crippen molar-refractivity contribution in [2.75, 3.05) is 5.32 Å². The van der Waals surface area contributed by atoms with E-state index < -0.39 is 5.97 Å². The number of nitrogens with zero attached hydrogens (tertiary/aromatic N) is 2. The smallest absolute Gasteiger partial charge is 0.335 e. The predicted molar refractivity (Wildman–Crippen MR) is 102 cm³/mol. The highest BCUT2D eigenvalue weighted by molar-refractivity contribution is 5.94. The zero-order valence-corrected chi connectivity index (χ0v) is 16.1. The number of carbonyl (C=O) groups is 2. The summed E-state index contributed by atoms with van der Waals surface area (Å²) in [5.74, 6) is -0.635. The maximum atomic E-state index is 12.3. The van der Waals surface area contributed by atoms with Gasteiger partial charge in [0, 0.05) is 24.3 Å². The third-order valence-electron chi connectivity index (χ3n) is 4.43. The summed E-state index contributed by atoms with van der Waals surface area (Å²) < 4.78 is 2.01. The number of carboxylic acid groups (broad SMARTS) is 1. The molecule has 0 bridgehead atoms. The number of carbonyl (C=O) groups excluding carboxylic acids is 1. The quantitative estimate of drug-likeness (QED) is 0.791. The Hall–Kier alpha value is -2.63. The Kier molecular flexibility index (Phi) is 6.18. The van der Waals surface area contributed by atoms with Gasteiger partial charge in [0.05, 0.1) is 11.3 Å². The first kappa shape index (κ1) is 19.7. The Bertz CT molecular complexity index is 822. The third-order valence-corrected chi connectivity index (χ3v) is 4.43. The van der Waals surface area contributed by atoms with Crippen molar-refractivity contribution in [2.45, 2.75) is 54.0 Å². The molecule has 0 atom stereocenters. The van der Waals surface area contributed by atoms with Crippen molar-refractivity contribution in [3.8, 4) is 0 Å². The molecule has 0 fully saturated rings. The van der Waals surface area contributed by atoms with Crippen LogP contribution in [-0.2, 0) is 17.8 Å². The van der Waals surface area contributed by atoms with Crippen molar-refractivity contribution in [1.29, 1.82) is 0 Å². The van der Waals surface area contributed by atoms with Gasteiger partial charge in [-0.25, -0.2) is 4.79 Å². The monoisotopic (exact) mass is 357 g/mol. The number of aromatic nitrogens is 2. The standard InChI is InChI=1S/C20H27N3O3/c1-12(2)11-23-15(5)17(14(4)22-23)8-9-19(24)21-18-10-16(20(25)26)7-6-13(18)3/h6-7,10,12H,8-9,11H2,1-5H3,(H,21,24)(H,25,26). The van der Waals surface area contributed by atoms with Crippen LogP contribution in [0.3, 0.4) is 0 Å². The first-order valence-corrected chi connectivity index (χ1v) is 8.85. The van der Waals surface area contributed by atoms with Gasteiger partial charge in [-0.1, -0.05) is 19.9 Å². The zero-order valence-electron chi connectivity index (χ0n) is 16.1. The minimum Gasteiger partial charge on any atom is -0.478 e. The predicted octanol–water partition coefficient (Wildman–Crippen LogP) is 3.73. The number of benzene rings is 1. The normalized spacial score (nSPS) is 11.0. The van der Waals surface area contributed by atoms with E-state index in [4.69, 9.17) is 5.11 Å². The van der Waals surface area contributed by atoms with E-state index in [-0.39, 0.29) is 11.5 Å². The maximum Gasteiger partial charge on any atom is 0.335 e. The fourth-order valence-corrected chi connectivity index (χ4v) is 2.96. The molecule has 0 aliphatic heterocycles. The topological polar surface area (TPSA) is 84.2 Å². The number of hydrogen-bond acceptors (Lipinski definition) is 3. The van der Waals surface area contributed by atoms with Crippen LogP contribution in [0.15, 0.2) is 18.2 Å². The molecule has 0 aliphatic carbocycles. The number of rotatable bonds is 7. The zero-order chi connectivity index (χ0) is 19.4. The summed E-state index contributed by atoms with van der Waals surface area (Å²) >= 11 is 0. The number of anilines is 1. The summed E-state index contributed by atoms with van der Waals surface area (Å²) in [7, 11) is 0. The number of nitrogens with one attached hydrogen (secondary N) is 1. The molecule has 6 heteroatoms. The van der Waals surface area contributed by atoms with Gasteiger partial charge in [0.15, 0.2) is 0 Å². The van der Waals surface area contributed by atoms with Crippen LogP contribution in [0.5, 0.6) is 0 Å². The van der Waals surface area contributed by atoms with Crippen molar-refractivity contribution in [1.82, 2.24) is 9.78 Å². The lowest BCUT2D eigenvalue weighted by molar-refractivity contribution is -0.116. The first-order chi connectivity index (χ1) is 12.2. The van der Waals surface area contributed by atoms with Gasteiger partial charge in [0.2, 0.25) is 5.91 Å². The van der Waals surface area contributed by atoms with Gasteiger partial charge in [-0.05, 0) is 56.4 Å². The highest BCUT2D eigenvalue weighted by atomic mass is 16.4. The number of aromatic carboxylic acids is 1. The van der Waals surface area contributed by atoms with Crippen LogP contribution < -0.4 is 5.32 Å². The van der Waals surface area contributed by atoms with Crippen LogP contribution in [0.4, 0.5) is 5.69 Å². The molecule has 0 saturated heterocycles. The molecular formula is C20H27N3O3. The molecule has 0 aliphatic rings. The molecule has 2 aromatic rings. The summed E-state index contributed by atoms with van der Waals surface area (Å²) in [6.07, 6.45) is 0.936. The summed E-state index contributed by atoms with van der Waals surface area (Å²) in [5, 5.41) is 16.5. The second-order valence-electron chi connectivity index (χ2n) is 7.11. The number of aryl methyl sites for hydroxylation is 2. The van der Waals surface area contributed by atoms with Crippen molar-refractivity contribution in [2.24, 2.45) is 5.92 Å². The number of carboxylic acids is 1. The van der Waals surface area contributed by atoms with Crippen molar-refractivity contribution < 1.29 is 14.7 Å². The molecular weight excluding hydrogens is 330 g/mol. The van der Waals surface area contributed by atoms with E-state index in [1.165, 1.54) is 12.1 Å². The molecule has 2 rings (SSSR count). The van der Waals surface area contributed by atoms with Gasteiger partial charge in [-0.15, -0.1) is 0 Å². The molecule has 26 heavy (non-hydrogen) atoms. The van der Waals surface area contributed by atoms with Crippen LogP contribution in [0.2, 0.25) is 0 Å². The van der Waals surface area contributed by atoms with E-state index in [2.05, 4.69) is 24.3 Å². The number of amides is 1. The number of hydrogen-bond donors (Lipinski definition) is 2. The molecule has 6 nitrogen and oxygen atoms in total. The Morgan fingerprint density at radius 2 is 1.92 bits per heavy atom. The molecule has 1 aromatic carbocycles. The molecule has 0 unspecified atom stereocenters. The van der Waals surface area contributed by atoms with Crippen molar-refractivity contribution in [3.63, 3.8) is 0 Å². The lowest BCUT2D eigenvalue weighted by Gasteiger charge is -2.10. The molecule has 0 spiro atoms. The van der Waals surface area contributed by atoms with Crippen molar-refractivity contribution in [3.05, 3.63) is 46.3 Å². The van der Waals surface area contributed by atoms with E-state index >= 15 is 0 Å². The van der Waals surface area contributed by atoms with E-state index in [0.29, 0.717) is 24.4 Å². The first-order valence-electron chi connectivity index (χ1n) is 8.85. The van der Waals surface area contributed by atoms with Crippen LogP contribution >= 0.6 is 0 Å². The lowest BCUT2D eigenvalue weighted by atomic mass is 10.1. The average molecular weight is 357 g/mol. The Labute approximate surface area is 154 Å². The fraction of sp³-hybridized carbons (Fsp3) is 0.450. The highest BCUT2D eigenvalue weighted by Crippen LogP contribution is 2.19. The van der Waals surface area contributed by atoms with Crippen LogP contribution in [-0.4, -0.2) is 26.8 Å². The SMILES string of the molecule is Cc1ccc(C(=O)O)cc1NC(=O)CCc1c(C)nn(CC(C)C)c1C. The molecule has 1 heterocycles. The second kappa shape index (κ2) is 8.17.